The highest BCUT2D eigenvalue weighted by atomic mass is 19.1. The number of hydrogen-bond donors (Lipinski definition) is 6. The third kappa shape index (κ3) is 15.5. The number of hydrogen-bond acceptors (Lipinski definition) is 9. The number of halogens is 1. The standard InChI is InChI=1S/C41H50FN9O8/c1-25(2)22-33(38(55)47-32(37(43)54)10-7-21-46-41(44)45)48-39(56)34(23-28-13-18-31(19-14-28)51(58)59)49-40(57)35(24-29-11-16-30(42)17-12-29)50(26(3)52)36(53)20-15-27-8-5-4-6-9-27/h4-6,8-9,11-20,25,32-35H,7,10,21-24H2,1-3H3,(H2,43,54)(H,47,55)(H,48,56)(H,49,57)(H4,44,45,46)/b20-15+. The number of primary amides is 1. The molecule has 0 heterocycles. The van der Waals surface area contributed by atoms with Crippen molar-refractivity contribution in [2.45, 2.75) is 77.0 Å². The van der Waals surface area contributed by atoms with Crippen molar-refractivity contribution in [2.24, 2.45) is 28.1 Å². The molecule has 0 aliphatic rings. The lowest BCUT2D eigenvalue weighted by atomic mass is 9.99. The van der Waals surface area contributed by atoms with Crippen LogP contribution in [-0.4, -0.2) is 81.9 Å². The molecule has 4 atom stereocenters. The molecule has 314 valence electrons. The van der Waals surface area contributed by atoms with Gasteiger partial charge in [0.15, 0.2) is 5.96 Å². The largest absolute Gasteiger partial charge is 0.370 e. The number of non-ortho nitro benzene ring substituents is 1. The van der Waals surface area contributed by atoms with E-state index in [0.29, 0.717) is 16.7 Å². The number of rotatable bonds is 21. The zero-order valence-electron chi connectivity index (χ0n) is 33.0. The Morgan fingerprint density at radius 3 is 1.92 bits per heavy atom. The summed E-state index contributed by atoms with van der Waals surface area (Å²) in [5.41, 5.74) is 17.4. The molecular formula is C41H50FN9O8. The van der Waals surface area contributed by atoms with Crippen LogP contribution < -0.4 is 33.2 Å². The van der Waals surface area contributed by atoms with E-state index in [1.807, 2.05) is 0 Å². The number of imide groups is 1. The van der Waals surface area contributed by atoms with Crippen LogP contribution in [0.15, 0.2) is 89.9 Å². The van der Waals surface area contributed by atoms with Crippen molar-refractivity contribution in [3.63, 3.8) is 0 Å². The van der Waals surface area contributed by atoms with Crippen LogP contribution >= 0.6 is 0 Å². The molecular weight excluding hydrogens is 766 g/mol. The summed E-state index contributed by atoms with van der Waals surface area (Å²) < 4.78 is 13.9. The van der Waals surface area contributed by atoms with Crippen LogP contribution in [0.5, 0.6) is 0 Å². The second kappa shape index (κ2) is 22.7. The van der Waals surface area contributed by atoms with Gasteiger partial charge in [-0.25, -0.2) is 4.39 Å². The first-order valence-electron chi connectivity index (χ1n) is 18.8. The van der Waals surface area contributed by atoms with Gasteiger partial charge in [-0.15, -0.1) is 0 Å². The maximum Gasteiger partial charge on any atom is 0.269 e. The first-order chi connectivity index (χ1) is 27.9. The fourth-order valence-corrected chi connectivity index (χ4v) is 5.99. The molecule has 6 amide bonds. The van der Waals surface area contributed by atoms with E-state index in [0.717, 1.165) is 30.0 Å². The van der Waals surface area contributed by atoms with Crippen LogP contribution in [0.3, 0.4) is 0 Å². The number of carbonyl (C=O) groups excluding carboxylic acids is 6. The minimum atomic E-state index is -1.57. The van der Waals surface area contributed by atoms with E-state index < -0.39 is 70.4 Å². The van der Waals surface area contributed by atoms with Gasteiger partial charge in [-0.3, -0.25) is 48.8 Å². The predicted octanol–water partition coefficient (Wildman–Crippen LogP) is 2.02. The summed E-state index contributed by atoms with van der Waals surface area (Å²) in [6.07, 6.45) is 2.51. The van der Waals surface area contributed by atoms with Gasteiger partial charge < -0.3 is 33.2 Å². The van der Waals surface area contributed by atoms with E-state index in [2.05, 4.69) is 20.9 Å². The maximum atomic E-state index is 14.4. The van der Waals surface area contributed by atoms with Gasteiger partial charge in [-0.2, -0.15) is 0 Å². The van der Waals surface area contributed by atoms with Gasteiger partial charge in [-0.05, 0) is 60.1 Å². The molecule has 4 unspecified atom stereocenters. The van der Waals surface area contributed by atoms with Crippen LogP contribution in [0.1, 0.15) is 56.7 Å². The van der Waals surface area contributed by atoms with E-state index in [-0.39, 0.29) is 56.2 Å². The number of amides is 6. The molecule has 0 aliphatic carbocycles. The highest BCUT2D eigenvalue weighted by Gasteiger charge is 2.36. The Bertz CT molecular complexity index is 2000. The molecule has 0 saturated carbocycles. The SMILES string of the molecule is CC(=O)N(C(=O)/C=C/c1ccccc1)C(Cc1ccc(F)cc1)C(=O)NC(Cc1ccc([N+](=O)[O-])cc1)C(=O)NC(CC(C)C)C(=O)NC(CCCN=C(N)N)C(N)=O. The number of nitrogens with one attached hydrogen (secondary N) is 3. The zero-order chi connectivity index (χ0) is 43.6. The Hall–Kier alpha value is -6.98. The Morgan fingerprint density at radius 1 is 0.797 bits per heavy atom. The number of nitrogens with zero attached hydrogens (tertiary/aromatic N) is 3. The van der Waals surface area contributed by atoms with E-state index in [1.54, 1.807) is 44.2 Å². The normalized spacial score (nSPS) is 13.0. The number of guanidine groups is 1. The summed E-state index contributed by atoms with van der Waals surface area (Å²) in [5.74, 6) is -5.93. The van der Waals surface area contributed by atoms with Gasteiger partial charge in [-0.1, -0.05) is 68.4 Å². The Kier molecular flexibility index (Phi) is 17.8. The van der Waals surface area contributed by atoms with E-state index >= 15 is 0 Å². The van der Waals surface area contributed by atoms with Crippen LogP contribution in [0.2, 0.25) is 0 Å². The number of nitro benzene ring substituents is 1. The molecule has 3 aromatic carbocycles. The smallest absolute Gasteiger partial charge is 0.269 e. The number of carbonyl (C=O) groups is 6. The van der Waals surface area contributed by atoms with Gasteiger partial charge in [0.2, 0.25) is 29.5 Å². The van der Waals surface area contributed by atoms with E-state index in [9.17, 15) is 43.3 Å². The summed E-state index contributed by atoms with van der Waals surface area (Å²) in [5, 5.41) is 19.2. The fraction of sp³-hybridized carbons (Fsp3) is 0.341. The molecule has 0 fully saturated rings. The Balaban J connectivity index is 2.01. The molecule has 18 heteroatoms. The minimum absolute atomic E-state index is 0.0837. The quantitative estimate of drug-likeness (QED) is 0.0227. The van der Waals surface area contributed by atoms with Crippen molar-refractivity contribution < 1.29 is 38.1 Å². The average Bonchev–Trinajstić information content (AvgIpc) is 3.18. The van der Waals surface area contributed by atoms with Gasteiger partial charge >= 0.3 is 0 Å². The predicted molar refractivity (Wildman–Crippen MR) is 218 cm³/mol. The molecule has 3 aromatic rings. The first-order valence-corrected chi connectivity index (χ1v) is 18.8. The molecule has 0 spiro atoms. The second-order valence-corrected chi connectivity index (χ2v) is 14.1. The summed E-state index contributed by atoms with van der Waals surface area (Å²) in [6.45, 7) is 4.85. The van der Waals surface area contributed by atoms with Crippen LogP contribution in [-0.2, 0) is 41.6 Å². The lowest BCUT2D eigenvalue weighted by Crippen LogP contribution is -2.59. The number of aliphatic imine (C=N–C) groups is 1. The van der Waals surface area contributed by atoms with Gasteiger partial charge in [0, 0.05) is 44.5 Å². The zero-order valence-corrected chi connectivity index (χ0v) is 33.0. The van der Waals surface area contributed by atoms with Crippen molar-refractivity contribution >= 4 is 53.2 Å². The highest BCUT2D eigenvalue weighted by molar-refractivity contribution is 6.06. The van der Waals surface area contributed by atoms with Gasteiger partial charge in [0.25, 0.3) is 11.6 Å². The van der Waals surface area contributed by atoms with E-state index in [4.69, 9.17) is 17.2 Å². The van der Waals surface area contributed by atoms with Crippen molar-refractivity contribution in [3.8, 4) is 0 Å². The maximum absolute atomic E-state index is 14.4. The number of benzene rings is 3. The second-order valence-electron chi connectivity index (χ2n) is 14.1. The van der Waals surface area contributed by atoms with Crippen LogP contribution in [0.25, 0.3) is 6.08 Å². The molecule has 9 N–H and O–H groups in total. The molecule has 0 saturated heterocycles. The third-order valence-electron chi connectivity index (χ3n) is 8.92. The van der Waals surface area contributed by atoms with Crippen molar-refractivity contribution in [1.29, 1.82) is 0 Å². The highest BCUT2D eigenvalue weighted by Crippen LogP contribution is 2.17. The summed E-state index contributed by atoms with van der Waals surface area (Å²) in [7, 11) is 0. The van der Waals surface area contributed by atoms with Crippen LogP contribution in [0.4, 0.5) is 10.1 Å². The molecule has 0 aromatic heterocycles. The minimum Gasteiger partial charge on any atom is -0.370 e. The Morgan fingerprint density at radius 2 is 1.36 bits per heavy atom. The van der Waals surface area contributed by atoms with Crippen molar-refractivity contribution in [2.75, 3.05) is 6.54 Å². The van der Waals surface area contributed by atoms with Gasteiger partial charge in [0.05, 0.1) is 4.92 Å². The molecule has 0 aliphatic heterocycles. The molecule has 3 rings (SSSR count). The van der Waals surface area contributed by atoms with E-state index in [1.165, 1.54) is 42.5 Å². The topological polar surface area (TPSA) is 275 Å². The molecule has 17 nitrogen and oxygen atoms in total. The molecule has 59 heavy (non-hydrogen) atoms. The monoisotopic (exact) mass is 815 g/mol. The van der Waals surface area contributed by atoms with Crippen molar-refractivity contribution in [3.05, 3.63) is 118 Å². The van der Waals surface area contributed by atoms with Crippen LogP contribution in [0, 0.1) is 21.8 Å². The molecule has 0 radical (unpaired) electrons. The number of nitrogens with two attached hydrogens (primary N) is 3. The lowest BCUT2D eigenvalue weighted by Gasteiger charge is -2.30. The fourth-order valence-electron chi connectivity index (χ4n) is 5.99. The average molecular weight is 816 g/mol. The lowest BCUT2D eigenvalue weighted by molar-refractivity contribution is -0.384. The summed E-state index contributed by atoms with van der Waals surface area (Å²) in [6, 6.07) is 13.5. The third-order valence-corrected chi connectivity index (χ3v) is 8.92. The first kappa shape index (κ1) is 46.4. The number of nitro groups is 1. The van der Waals surface area contributed by atoms with Gasteiger partial charge in [0.1, 0.15) is 30.0 Å². The summed E-state index contributed by atoms with van der Waals surface area (Å²) >= 11 is 0. The Labute approximate surface area is 340 Å². The van der Waals surface area contributed by atoms with Crippen molar-refractivity contribution in [1.82, 2.24) is 20.9 Å². The molecule has 0 bridgehead atoms. The summed E-state index contributed by atoms with van der Waals surface area (Å²) in [4.78, 5) is 96.7.